The number of unbranched alkanes of at least 4 members (excludes halogenated alkanes) is 3. The van der Waals surface area contributed by atoms with Crippen LogP contribution < -0.4 is 0 Å². The highest BCUT2D eigenvalue weighted by Gasteiger charge is 2.15. The molecule has 0 saturated heterocycles. The van der Waals surface area contributed by atoms with Gasteiger partial charge >= 0.3 is 0 Å². The molecule has 4 heteroatoms. The van der Waals surface area contributed by atoms with E-state index in [1.54, 1.807) is 0 Å². The van der Waals surface area contributed by atoms with Gasteiger partial charge < -0.3 is 0 Å². The van der Waals surface area contributed by atoms with E-state index >= 15 is 0 Å². The quantitative estimate of drug-likeness (QED) is 0.395. The van der Waals surface area contributed by atoms with Gasteiger partial charge in [0, 0.05) is 0 Å². The van der Waals surface area contributed by atoms with Crippen molar-refractivity contribution in [1.82, 2.24) is 0 Å². The Labute approximate surface area is 80.6 Å². The Morgan fingerprint density at radius 2 is 2.00 bits per heavy atom. The van der Waals surface area contributed by atoms with Crippen molar-refractivity contribution in [2.45, 2.75) is 44.3 Å². The minimum atomic E-state index is -3.82. The third-order valence-corrected chi connectivity index (χ3v) is 3.28. The second-order valence-corrected chi connectivity index (χ2v) is 5.09. The summed E-state index contributed by atoms with van der Waals surface area (Å²) in [5.74, 6) is 0. The molecule has 0 bridgehead atoms. The summed E-state index contributed by atoms with van der Waals surface area (Å²) in [7, 11) is -3.82. The van der Waals surface area contributed by atoms with Crippen LogP contribution in [0.5, 0.6) is 0 Å². The van der Waals surface area contributed by atoms with E-state index in [1.165, 1.54) is 6.92 Å². The largest absolute Gasteiger partial charge is 0.285 e. The van der Waals surface area contributed by atoms with Crippen molar-refractivity contribution in [2.24, 2.45) is 0 Å². The van der Waals surface area contributed by atoms with Gasteiger partial charge in [-0.3, -0.25) is 4.55 Å². The summed E-state index contributed by atoms with van der Waals surface area (Å²) in [5, 5.41) is -0.628. The average molecular weight is 206 g/mol. The molecule has 3 nitrogen and oxygen atoms in total. The number of rotatable bonds is 7. The van der Waals surface area contributed by atoms with E-state index in [2.05, 4.69) is 6.58 Å². The molecule has 13 heavy (non-hydrogen) atoms. The van der Waals surface area contributed by atoms with Crippen molar-refractivity contribution >= 4 is 10.1 Å². The molecule has 0 saturated carbocycles. The van der Waals surface area contributed by atoms with E-state index in [-0.39, 0.29) is 0 Å². The highest BCUT2D eigenvalue weighted by molar-refractivity contribution is 7.86. The third kappa shape index (κ3) is 6.78. The van der Waals surface area contributed by atoms with Crippen molar-refractivity contribution in [3.63, 3.8) is 0 Å². The normalized spacial score (nSPS) is 14.0. The molecule has 1 atom stereocenters. The summed E-state index contributed by atoms with van der Waals surface area (Å²) in [6.45, 7) is 5.13. The highest BCUT2D eigenvalue weighted by Crippen LogP contribution is 2.10. The van der Waals surface area contributed by atoms with Crippen LogP contribution in [0.25, 0.3) is 0 Å². The molecule has 0 fully saturated rings. The summed E-state index contributed by atoms with van der Waals surface area (Å²) in [4.78, 5) is 0. The van der Waals surface area contributed by atoms with Gasteiger partial charge in [-0.25, -0.2) is 0 Å². The molecule has 1 N–H and O–H groups in total. The minimum Gasteiger partial charge on any atom is -0.285 e. The van der Waals surface area contributed by atoms with E-state index in [0.717, 1.165) is 25.7 Å². The van der Waals surface area contributed by atoms with Crippen LogP contribution in [0.4, 0.5) is 0 Å². The maximum atomic E-state index is 10.6. The van der Waals surface area contributed by atoms with E-state index < -0.39 is 15.4 Å². The lowest BCUT2D eigenvalue weighted by Gasteiger charge is -2.06. The first-order valence-electron chi connectivity index (χ1n) is 4.55. The van der Waals surface area contributed by atoms with E-state index in [4.69, 9.17) is 4.55 Å². The molecule has 0 aromatic carbocycles. The second-order valence-electron chi connectivity index (χ2n) is 3.25. The molecule has 78 valence electrons. The summed E-state index contributed by atoms with van der Waals surface area (Å²) >= 11 is 0. The second kappa shape index (κ2) is 6.16. The molecule has 0 aliphatic rings. The molecule has 0 spiro atoms. The molecule has 0 rings (SSSR count). The average Bonchev–Trinajstić information content (AvgIpc) is 2.02. The van der Waals surface area contributed by atoms with Gasteiger partial charge in [-0.2, -0.15) is 8.42 Å². The fourth-order valence-electron chi connectivity index (χ4n) is 1.05. The van der Waals surface area contributed by atoms with E-state index in [9.17, 15) is 8.42 Å². The molecule has 1 unspecified atom stereocenters. The smallest absolute Gasteiger partial charge is 0.267 e. The maximum Gasteiger partial charge on any atom is 0.267 e. The van der Waals surface area contributed by atoms with Gasteiger partial charge in [-0.05, 0) is 26.2 Å². The van der Waals surface area contributed by atoms with Crippen LogP contribution in [0, 0.1) is 0 Å². The predicted octanol–water partition coefficient (Wildman–Crippen LogP) is 2.40. The highest BCUT2D eigenvalue weighted by atomic mass is 32.2. The van der Waals surface area contributed by atoms with Crippen LogP contribution in [-0.4, -0.2) is 18.2 Å². The number of hydrogen-bond acceptors (Lipinski definition) is 2. The van der Waals surface area contributed by atoms with Crippen LogP contribution in [0.1, 0.15) is 39.0 Å². The van der Waals surface area contributed by atoms with Crippen molar-refractivity contribution in [3.05, 3.63) is 12.7 Å². The Balaban J connectivity index is 3.49. The zero-order chi connectivity index (χ0) is 10.3. The first-order valence-corrected chi connectivity index (χ1v) is 6.06. The molecule has 0 aromatic rings. The Bertz CT molecular complexity index is 231. The van der Waals surface area contributed by atoms with E-state index in [0.29, 0.717) is 6.42 Å². The van der Waals surface area contributed by atoms with E-state index in [1.807, 2.05) is 6.08 Å². The number of hydrogen-bond donors (Lipinski definition) is 1. The topological polar surface area (TPSA) is 54.4 Å². The SMILES string of the molecule is C=CCCCCCC(C)S(=O)(=O)O. The Morgan fingerprint density at radius 3 is 2.46 bits per heavy atom. The Kier molecular flexibility index (Phi) is 5.99. The fourth-order valence-corrected chi connectivity index (χ4v) is 1.51. The van der Waals surface area contributed by atoms with Crippen molar-refractivity contribution in [3.8, 4) is 0 Å². The first kappa shape index (κ1) is 12.7. The Hall–Kier alpha value is -0.350. The molecule has 0 aliphatic carbocycles. The van der Waals surface area contributed by atoms with Crippen LogP contribution in [-0.2, 0) is 10.1 Å². The molecule has 0 radical (unpaired) electrons. The molecule has 0 heterocycles. The molecule has 0 amide bonds. The fraction of sp³-hybridized carbons (Fsp3) is 0.778. The van der Waals surface area contributed by atoms with Gasteiger partial charge in [0.05, 0.1) is 5.25 Å². The van der Waals surface area contributed by atoms with Crippen molar-refractivity contribution in [1.29, 1.82) is 0 Å². The molecule has 0 aromatic heterocycles. The van der Waals surface area contributed by atoms with Gasteiger partial charge in [0.2, 0.25) is 0 Å². The first-order chi connectivity index (χ1) is 5.98. The zero-order valence-electron chi connectivity index (χ0n) is 8.07. The summed E-state index contributed by atoms with van der Waals surface area (Å²) in [6.07, 6.45) is 6.24. The van der Waals surface area contributed by atoms with Gasteiger partial charge in [0.15, 0.2) is 0 Å². The maximum absolute atomic E-state index is 10.6. The van der Waals surface area contributed by atoms with Crippen LogP contribution in [0.15, 0.2) is 12.7 Å². The van der Waals surface area contributed by atoms with Crippen LogP contribution >= 0.6 is 0 Å². The lowest BCUT2D eigenvalue weighted by atomic mass is 10.1. The molecular weight excluding hydrogens is 188 g/mol. The monoisotopic (exact) mass is 206 g/mol. The van der Waals surface area contributed by atoms with Gasteiger partial charge in [0.1, 0.15) is 0 Å². The predicted molar refractivity (Wildman–Crippen MR) is 54.3 cm³/mol. The molecular formula is C9H18O3S. The van der Waals surface area contributed by atoms with Gasteiger partial charge in [-0.15, -0.1) is 6.58 Å². The van der Waals surface area contributed by atoms with Crippen LogP contribution in [0.3, 0.4) is 0 Å². The lowest BCUT2D eigenvalue weighted by molar-refractivity contribution is 0.462. The summed E-state index contributed by atoms with van der Waals surface area (Å²) in [5.41, 5.74) is 0. The van der Waals surface area contributed by atoms with Crippen molar-refractivity contribution in [2.75, 3.05) is 0 Å². The lowest BCUT2D eigenvalue weighted by Crippen LogP contribution is -2.16. The van der Waals surface area contributed by atoms with Crippen molar-refractivity contribution < 1.29 is 13.0 Å². The third-order valence-electron chi connectivity index (χ3n) is 2.03. The van der Waals surface area contributed by atoms with Crippen LogP contribution in [0.2, 0.25) is 0 Å². The number of allylic oxidation sites excluding steroid dienone is 1. The summed E-state index contributed by atoms with van der Waals surface area (Å²) < 4.78 is 29.8. The Morgan fingerprint density at radius 1 is 1.38 bits per heavy atom. The van der Waals surface area contributed by atoms with Gasteiger partial charge in [-0.1, -0.05) is 18.9 Å². The molecule has 0 aliphatic heterocycles. The zero-order valence-corrected chi connectivity index (χ0v) is 8.89. The summed E-state index contributed by atoms with van der Waals surface area (Å²) in [6, 6.07) is 0. The minimum absolute atomic E-state index is 0.538. The standard InChI is InChI=1S/C9H18O3S/c1-3-4-5-6-7-8-9(2)13(10,11)12/h3,9H,1,4-8H2,2H3,(H,10,11,12). The van der Waals surface area contributed by atoms with Gasteiger partial charge in [0.25, 0.3) is 10.1 Å².